The number of thiocarbonyl (C=S) groups is 1. The Morgan fingerprint density at radius 2 is 2.00 bits per heavy atom. The van der Waals surface area contributed by atoms with Gasteiger partial charge in [-0.1, -0.05) is 24.3 Å². The van der Waals surface area contributed by atoms with Crippen LogP contribution >= 0.6 is 12.2 Å². The number of halogens is 1. The Morgan fingerprint density at radius 1 is 1.23 bits per heavy atom. The van der Waals surface area contributed by atoms with Gasteiger partial charge in [0.2, 0.25) is 0 Å². The standard InChI is InChI=1S/C19H18FN3O2S/c1-12(17-10-14-4-3-5-16(24-2)18(14)25-17)22-23-19(26)21-11-13-6-8-15(20)9-7-13/h3-10H,11H2,1-2H3,(H2,21,23,26)/b22-12-. The van der Waals surface area contributed by atoms with Crippen molar-refractivity contribution >= 4 is 34.0 Å². The zero-order valence-corrected chi connectivity index (χ0v) is 15.2. The average molecular weight is 371 g/mol. The molecule has 0 amide bonds. The van der Waals surface area contributed by atoms with Crippen molar-refractivity contribution in [3.05, 3.63) is 65.7 Å². The average Bonchev–Trinajstić information content (AvgIpc) is 3.10. The fraction of sp³-hybridized carbons (Fsp3) is 0.158. The molecule has 0 aliphatic carbocycles. The van der Waals surface area contributed by atoms with E-state index in [-0.39, 0.29) is 5.82 Å². The van der Waals surface area contributed by atoms with Crippen LogP contribution in [0.4, 0.5) is 4.39 Å². The molecule has 0 aliphatic rings. The zero-order valence-electron chi connectivity index (χ0n) is 14.4. The first kappa shape index (κ1) is 17.9. The van der Waals surface area contributed by atoms with Crippen molar-refractivity contribution in [3.63, 3.8) is 0 Å². The lowest BCUT2D eigenvalue weighted by Crippen LogP contribution is -2.32. The maximum Gasteiger partial charge on any atom is 0.187 e. The number of nitrogens with zero attached hydrogens (tertiary/aromatic N) is 1. The first-order valence-electron chi connectivity index (χ1n) is 7.96. The molecule has 7 heteroatoms. The van der Waals surface area contributed by atoms with Crippen LogP contribution in [0.1, 0.15) is 18.2 Å². The van der Waals surface area contributed by atoms with Gasteiger partial charge in [0, 0.05) is 11.9 Å². The summed E-state index contributed by atoms with van der Waals surface area (Å²) in [6.45, 7) is 2.29. The highest BCUT2D eigenvalue weighted by Crippen LogP contribution is 2.28. The van der Waals surface area contributed by atoms with Crippen molar-refractivity contribution in [1.29, 1.82) is 0 Å². The lowest BCUT2D eigenvalue weighted by atomic mass is 10.2. The van der Waals surface area contributed by atoms with E-state index in [2.05, 4.69) is 15.8 Å². The summed E-state index contributed by atoms with van der Waals surface area (Å²) in [5, 5.41) is 8.55. The highest BCUT2D eigenvalue weighted by atomic mass is 32.1. The van der Waals surface area contributed by atoms with Crippen molar-refractivity contribution in [2.24, 2.45) is 5.10 Å². The van der Waals surface area contributed by atoms with Gasteiger partial charge in [-0.25, -0.2) is 4.39 Å². The molecule has 1 heterocycles. The maximum absolute atomic E-state index is 12.9. The molecule has 1 aromatic heterocycles. The van der Waals surface area contributed by atoms with Crippen LogP contribution in [-0.4, -0.2) is 17.9 Å². The molecular weight excluding hydrogens is 353 g/mol. The minimum atomic E-state index is -0.267. The second kappa shape index (κ2) is 7.97. The second-order valence-corrected chi connectivity index (χ2v) is 6.02. The third-order valence-electron chi connectivity index (χ3n) is 3.78. The van der Waals surface area contributed by atoms with E-state index >= 15 is 0 Å². The largest absolute Gasteiger partial charge is 0.493 e. The van der Waals surface area contributed by atoms with E-state index < -0.39 is 0 Å². The number of para-hydroxylation sites is 1. The Hall–Kier alpha value is -2.93. The summed E-state index contributed by atoms with van der Waals surface area (Å²) in [4.78, 5) is 0. The third kappa shape index (κ3) is 4.18. The summed E-state index contributed by atoms with van der Waals surface area (Å²) in [7, 11) is 1.60. The number of ether oxygens (including phenoxy) is 1. The third-order valence-corrected chi connectivity index (χ3v) is 4.01. The van der Waals surface area contributed by atoms with Crippen LogP contribution in [-0.2, 0) is 6.54 Å². The number of nitrogens with one attached hydrogen (secondary N) is 2. The van der Waals surface area contributed by atoms with Gasteiger partial charge in [-0.2, -0.15) is 5.10 Å². The van der Waals surface area contributed by atoms with Crippen LogP contribution in [0.5, 0.6) is 5.75 Å². The van der Waals surface area contributed by atoms with Gasteiger partial charge in [0.05, 0.1) is 7.11 Å². The quantitative estimate of drug-likeness (QED) is 0.404. The molecule has 0 unspecified atom stereocenters. The summed E-state index contributed by atoms with van der Waals surface area (Å²) in [5.74, 6) is 1.03. The molecule has 0 spiro atoms. The molecular formula is C19H18FN3O2S. The predicted molar refractivity (Wildman–Crippen MR) is 104 cm³/mol. The molecule has 26 heavy (non-hydrogen) atoms. The van der Waals surface area contributed by atoms with Crippen LogP contribution in [0.25, 0.3) is 11.0 Å². The topological polar surface area (TPSA) is 58.8 Å². The van der Waals surface area contributed by atoms with Gasteiger partial charge in [-0.15, -0.1) is 0 Å². The van der Waals surface area contributed by atoms with Crippen LogP contribution in [0.15, 0.2) is 58.0 Å². The van der Waals surface area contributed by atoms with Crippen LogP contribution < -0.4 is 15.5 Å². The number of hydrogen-bond donors (Lipinski definition) is 2. The Labute approximate surface area is 155 Å². The first-order valence-corrected chi connectivity index (χ1v) is 8.37. The Balaban J connectivity index is 1.62. The summed E-state index contributed by atoms with van der Waals surface area (Å²) >= 11 is 5.20. The van der Waals surface area contributed by atoms with Crippen molar-refractivity contribution < 1.29 is 13.5 Å². The van der Waals surface area contributed by atoms with E-state index in [1.165, 1.54) is 12.1 Å². The van der Waals surface area contributed by atoms with E-state index in [0.717, 1.165) is 10.9 Å². The van der Waals surface area contributed by atoms with Gasteiger partial charge >= 0.3 is 0 Å². The fourth-order valence-corrected chi connectivity index (χ4v) is 2.51. The normalized spacial score (nSPS) is 11.4. The molecule has 134 valence electrons. The number of benzene rings is 2. The van der Waals surface area contributed by atoms with E-state index in [4.69, 9.17) is 21.4 Å². The Bertz CT molecular complexity index is 951. The molecule has 0 saturated carbocycles. The summed E-state index contributed by atoms with van der Waals surface area (Å²) in [6.07, 6.45) is 0. The molecule has 0 fully saturated rings. The van der Waals surface area contributed by atoms with Crippen LogP contribution in [0.3, 0.4) is 0 Å². The molecule has 0 aliphatic heterocycles. The highest BCUT2D eigenvalue weighted by Gasteiger charge is 2.10. The van der Waals surface area contributed by atoms with Gasteiger partial charge in [0.25, 0.3) is 0 Å². The molecule has 0 atom stereocenters. The van der Waals surface area contributed by atoms with Crippen molar-refractivity contribution in [2.75, 3.05) is 7.11 Å². The molecule has 2 N–H and O–H groups in total. The van der Waals surface area contributed by atoms with E-state index in [1.54, 1.807) is 19.2 Å². The summed E-state index contributed by atoms with van der Waals surface area (Å²) in [6, 6.07) is 13.8. The number of fused-ring (bicyclic) bond motifs is 1. The van der Waals surface area contributed by atoms with E-state index in [1.807, 2.05) is 31.2 Å². The minimum absolute atomic E-state index is 0.267. The van der Waals surface area contributed by atoms with Gasteiger partial charge < -0.3 is 14.5 Å². The Morgan fingerprint density at radius 3 is 2.73 bits per heavy atom. The molecule has 5 nitrogen and oxygen atoms in total. The zero-order chi connectivity index (χ0) is 18.5. The number of rotatable bonds is 5. The molecule has 2 aromatic carbocycles. The number of furan rings is 1. The summed E-state index contributed by atoms with van der Waals surface area (Å²) in [5.41, 5.74) is 5.02. The predicted octanol–water partition coefficient (Wildman–Crippen LogP) is 3.97. The van der Waals surface area contributed by atoms with Crippen molar-refractivity contribution in [2.45, 2.75) is 13.5 Å². The number of hydrogen-bond acceptors (Lipinski definition) is 4. The van der Waals surface area contributed by atoms with Gasteiger partial charge in [-0.3, -0.25) is 5.43 Å². The second-order valence-electron chi connectivity index (χ2n) is 5.61. The van der Waals surface area contributed by atoms with Gasteiger partial charge in [-0.05, 0) is 49.0 Å². The maximum atomic E-state index is 12.9. The molecule has 0 bridgehead atoms. The SMILES string of the molecule is COc1cccc2cc(/C(C)=N\NC(=S)NCc3ccc(F)cc3)oc12. The van der Waals surface area contributed by atoms with Gasteiger partial charge in [0.15, 0.2) is 22.2 Å². The summed E-state index contributed by atoms with van der Waals surface area (Å²) < 4.78 is 24.0. The van der Waals surface area contributed by atoms with E-state index in [9.17, 15) is 4.39 Å². The van der Waals surface area contributed by atoms with Crippen molar-refractivity contribution in [1.82, 2.24) is 10.7 Å². The molecule has 0 saturated heterocycles. The minimum Gasteiger partial charge on any atom is -0.493 e. The smallest absolute Gasteiger partial charge is 0.187 e. The lowest BCUT2D eigenvalue weighted by molar-refractivity contribution is 0.410. The number of hydrazone groups is 1. The van der Waals surface area contributed by atoms with Crippen molar-refractivity contribution in [3.8, 4) is 5.75 Å². The molecule has 3 aromatic rings. The lowest BCUT2D eigenvalue weighted by Gasteiger charge is -2.07. The van der Waals surface area contributed by atoms with E-state index in [0.29, 0.717) is 34.5 Å². The first-order chi connectivity index (χ1) is 12.6. The van der Waals surface area contributed by atoms with Crippen LogP contribution in [0.2, 0.25) is 0 Å². The van der Waals surface area contributed by atoms with Crippen LogP contribution in [0, 0.1) is 5.82 Å². The number of methoxy groups -OCH3 is 1. The highest BCUT2D eigenvalue weighted by molar-refractivity contribution is 7.80. The molecule has 0 radical (unpaired) electrons. The molecule has 3 rings (SSSR count). The Kier molecular flexibility index (Phi) is 5.48. The van der Waals surface area contributed by atoms with Gasteiger partial charge in [0.1, 0.15) is 11.5 Å². The monoisotopic (exact) mass is 371 g/mol. The fourth-order valence-electron chi connectivity index (χ4n) is 2.39.